The first-order valence-electron chi connectivity index (χ1n) is 7.02. The quantitative estimate of drug-likeness (QED) is 0.387. The van der Waals surface area contributed by atoms with Gasteiger partial charge in [0.05, 0.1) is 16.8 Å². The molecule has 1 aliphatic heterocycles. The molecule has 0 aromatic heterocycles. The number of carbonyl (C=O) groups is 2. The van der Waals surface area contributed by atoms with Crippen LogP contribution >= 0.6 is 0 Å². The number of hydrogen-bond donors (Lipinski definition) is 1. The van der Waals surface area contributed by atoms with E-state index in [0.29, 0.717) is 0 Å². The number of phenolic OH excluding ortho intramolecular Hbond substituents is 1. The molecule has 7 heteroatoms. The van der Waals surface area contributed by atoms with E-state index in [-0.39, 0.29) is 40.8 Å². The van der Waals surface area contributed by atoms with E-state index >= 15 is 0 Å². The normalized spacial score (nSPS) is 31.9. The van der Waals surface area contributed by atoms with Crippen molar-refractivity contribution < 1.29 is 19.6 Å². The van der Waals surface area contributed by atoms with Gasteiger partial charge in [-0.3, -0.25) is 19.7 Å². The lowest BCUT2D eigenvalue weighted by atomic mass is 9.85. The molecule has 1 heterocycles. The summed E-state index contributed by atoms with van der Waals surface area (Å²) in [7, 11) is 0. The second-order valence-electron chi connectivity index (χ2n) is 5.94. The van der Waals surface area contributed by atoms with E-state index in [9.17, 15) is 24.8 Å². The minimum Gasteiger partial charge on any atom is -0.506 e. The lowest BCUT2D eigenvalue weighted by Gasteiger charge is -2.18. The zero-order valence-corrected chi connectivity index (χ0v) is 11.4. The number of anilines is 1. The Morgan fingerprint density at radius 2 is 1.73 bits per heavy atom. The monoisotopic (exact) mass is 300 g/mol. The highest BCUT2D eigenvalue weighted by molar-refractivity contribution is 6.23. The van der Waals surface area contributed by atoms with Crippen LogP contribution in [-0.4, -0.2) is 21.8 Å². The molecule has 1 saturated heterocycles. The van der Waals surface area contributed by atoms with Crippen LogP contribution in [-0.2, 0) is 9.59 Å². The summed E-state index contributed by atoms with van der Waals surface area (Å²) in [6.45, 7) is 0. The average molecular weight is 300 g/mol. The zero-order chi connectivity index (χ0) is 15.6. The fraction of sp³-hybridized carbons (Fsp3) is 0.333. The number of non-ortho nitro benzene ring substituents is 1. The SMILES string of the molecule is O=C1[C@@H]2[C@@H](C(=O)N1c1cc([N+](=O)[O-])ccc1O)[C@H]1C=C[C@@H]2C1. The van der Waals surface area contributed by atoms with E-state index in [1.807, 2.05) is 12.2 Å². The average Bonchev–Trinajstić information content (AvgIpc) is 3.14. The van der Waals surface area contributed by atoms with E-state index in [1.54, 1.807) is 0 Å². The second-order valence-corrected chi connectivity index (χ2v) is 5.94. The number of carbonyl (C=O) groups excluding carboxylic acids is 2. The number of nitro benzene ring substituents is 1. The Labute approximate surface area is 125 Å². The maximum atomic E-state index is 12.6. The molecule has 2 fully saturated rings. The van der Waals surface area contributed by atoms with Gasteiger partial charge in [-0.05, 0) is 24.3 Å². The van der Waals surface area contributed by atoms with Crippen LogP contribution in [0.15, 0.2) is 30.4 Å². The summed E-state index contributed by atoms with van der Waals surface area (Å²) < 4.78 is 0. The third-order valence-corrected chi connectivity index (χ3v) is 4.88. The van der Waals surface area contributed by atoms with Crippen molar-refractivity contribution in [3.63, 3.8) is 0 Å². The second kappa shape index (κ2) is 4.16. The number of nitrogens with zero attached hydrogens (tertiary/aromatic N) is 2. The van der Waals surface area contributed by atoms with Gasteiger partial charge >= 0.3 is 0 Å². The molecule has 4 atom stereocenters. The molecular weight excluding hydrogens is 288 g/mol. The van der Waals surface area contributed by atoms with Crippen molar-refractivity contribution >= 4 is 23.2 Å². The zero-order valence-electron chi connectivity index (χ0n) is 11.4. The third-order valence-electron chi connectivity index (χ3n) is 4.88. The third kappa shape index (κ3) is 1.50. The van der Waals surface area contributed by atoms with Crippen LogP contribution in [0.2, 0.25) is 0 Å². The molecule has 4 rings (SSSR count). The van der Waals surface area contributed by atoms with Crippen LogP contribution in [0.25, 0.3) is 0 Å². The Morgan fingerprint density at radius 3 is 2.27 bits per heavy atom. The first-order chi connectivity index (χ1) is 10.5. The first-order valence-corrected chi connectivity index (χ1v) is 7.02. The summed E-state index contributed by atoms with van der Waals surface area (Å²) in [5.74, 6) is -1.75. The molecule has 2 amide bonds. The maximum Gasteiger partial charge on any atom is 0.271 e. The fourth-order valence-corrected chi connectivity index (χ4v) is 3.94. The standard InChI is InChI=1S/C15H12N2O5/c18-11-4-3-9(17(21)22)6-10(11)16-14(19)12-7-1-2-8(5-7)13(12)15(16)20/h1-4,6-8,12-13,18H,5H2/t7-,8+,12-,13-/m0/s1. The molecule has 1 N–H and O–H groups in total. The molecule has 7 nitrogen and oxygen atoms in total. The van der Waals surface area contributed by atoms with E-state index < -0.39 is 16.8 Å². The number of fused-ring (bicyclic) bond motifs is 5. The van der Waals surface area contributed by atoms with Gasteiger partial charge in [0.25, 0.3) is 5.69 Å². The van der Waals surface area contributed by atoms with Gasteiger partial charge in [0, 0.05) is 12.1 Å². The topological polar surface area (TPSA) is 101 Å². The molecule has 0 radical (unpaired) electrons. The van der Waals surface area contributed by atoms with E-state index in [4.69, 9.17) is 0 Å². The summed E-state index contributed by atoms with van der Waals surface area (Å²) >= 11 is 0. The largest absolute Gasteiger partial charge is 0.506 e. The van der Waals surface area contributed by atoms with Gasteiger partial charge in [0.1, 0.15) is 11.4 Å². The predicted molar refractivity (Wildman–Crippen MR) is 75.0 cm³/mol. The highest BCUT2D eigenvalue weighted by Gasteiger charge is 2.60. The van der Waals surface area contributed by atoms with Crippen LogP contribution in [0.5, 0.6) is 5.75 Å². The summed E-state index contributed by atoms with van der Waals surface area (Å²) in [6.07, 6.45) is 4.74. The molecule has 2 aliphatic carbocycles. The van der Waals surface area contributed by atoms with E-state index in [0.717, 1.165) is 29.5 Å². The van der Waals surface area contributed by atoms with Gasteiger partial charge in [-0.15, -0.1) is 0 Å². The molecule has 0 spiro atoms. The van der Waals surface area contributed by atoms with Crippen LogP contribution in [0.1, 0.15) is 6.42 Å². The molecule has 3 aliphatic rings. The highest BCUT2D eigenvalue weighted by atomic mass is 16.6. The molecule has 1 aromatic rings. The molecule has 0 unspecified atom stereocenters. The minimum atomic E-state index is -0.625. The summed E-state index contributed by atoms with van der Waals surface area (Å²) in [5, 5.41) is 20.8. The van der Waals surface area contributed by atoms with Gasteiger partial charge in [-0.25, -0.2) is 4.90 Å². The van der Waals surface area contributed by atoms with Crippen LogP contribution in [0.4, 0.5) is 11.4 Å². The van der Waals surface area contributed by atoms with Crippen LogP contribution in [0.3, 0.4) is 0 Å². The fourth-order valence-electron chi connectivity index (χ4n) is 3.94. The molecular formula is C15H12N2O5. The van der Waals surface area contributed by atoms with Gasteiger partial charge in [0.2, 0.25) is 11.8 Å². The number of amides is 2. The summed E-state index contributed by atoms with van der Waals surface area (Å²) in [5.41, 5.74) is -0.371. The minimum absolute atomic E-state index is 0.0530. The Bertz CT molecular complexity index is 726. The number of imide groups is 1. The maximum absolute atomic E-state index is 12.6. The Morgan fingerprint density at radius 1 is 1.14 bits per heavy atom. The van der Waals surface area contributed by atoms with Gasteiger partial charge in [-0.1, -0.05) is 12.2 Å². The molecule has 1 aromatic carbocycles. The highest BCUT2D eigenvalue weighted by Crippen LogP contribution is 2.54. The lowest BCUT2D eigenvalue weighted by Crippen LogP contribution is -2.32. The van der Waals surface area contributed by atoms with Gasteiger partial charge in [-0.2, -0.15) is 0 Å². The van der Waals surface area contributed by atoms with Crippen molar-refractivity contribution in [3.05, 3.63) is 40.5 Å². The number of aromatic hydroxyl groups is 1. The smallest absolute Gasteiger partial charge is 0.271 e. The Balaban J connectivity index is 1.79. The predicted octanol–water partition coefficient (Wildman–Crippen LogP) is 1.61. The van der Waals surface area contributed by atoms with Crippen molar-refractivity contribution in [2.45, 2.75) is 6.42 Å². The number of nitro groups is 1. The van der Waals surface area contributed by atoms with Crippen molar-refractivity contribution in [2.75, 3.05) is 4.90 Å². The molecule has 112 valence electrons. The Hall–Kier alpha value is -2.70. The van der Waals surface area contributed by atoms with E-state index in [1.165, 1.54) is 0 Å². The van der Waals surface area contributed by atoms with Gasteiger partial charge < -0.3 is 5.11 Å². The lowest BCUT2D eigenvalue weighted by molar-refractivity contribution is -0.384. The number of hydrogen-bond acceptors (Lipinski definition) is 5. The van der Waals surface area contributed by atoms with Crippen LogP contribution in [0, 0.1) is 33.8 Å². The molecule has 1 saturated carbocycles. The number of benzene rings is 1. The summed E-state index contributed by atoms with van der Waals surface area (Å²) in [4.78, 5) is 36.4. The van der Waals surface area contributed by atoms with Crippen molar-refractivity contribution in [1.29, 1.82) is 0 Å². The molecule has 22 heavy (non-hydrogen) atoms. The van der Waals surface area contributed by atoms with Crippen molar-refractivity contribution in [2.24, 2.45) is 23.7 Å². The van der Waals surface area contributed by atoms with Crippen LogP contribution < -0.4 is 4.90 Å². The van der Waals surface area contributed by atoms with Gasteiger partial charge in [0.15, 0.2) is 0 Å². The number of phenols is 1. The number of allylic oxidation sites excluding steroid dienone is 2. The van der Waals surface area contributed by atoms with Crippen molar-refractivity contribution in [1.82, 2.24) is 0 Å². The first kappa shape index (κ1) is 13.0. The summed E-state index contributed by atoms with van der Waals surface area (Å²) in [6, 6.07) is 3.34. The molecule has 2 bridgehead atoms. The Kier molecular flexibility index (Phi) is 2.46. The number of rotatable bonds is 2. The van der Waals surface area contributed by atoms with Crippen molar-refractivity contribution in [3.8, 4) is 5.75 Å². The van der Waals surface area contributed by atoms with E-state index in [2.05, 4.69) is 0 Å².